The molecule has 0 heterocycles. The van der Waals surface area contributed by atoms with Gasteiger partial charge in [-0.05, 0) is 47.9 Å². The minimum absolute atomic E-state index is 0. The summed E-state index contributed by atoms with van der Waals surface area (Å²) in [6.45, 7) is 0. The molecular formula is C32H15N9Na6O24S6. The number of anilines is 1. The van der Waals surface area contributed by atoms with E-state index >= 15 is 0 Å². The van der Waals surface area contributed by atoms with E-state index in [9.17, 15) is 92.8 Å². The molecule has 0 spiro atoms. The average molecular weight is 1240 g/mol. The van der Waals surface area contributed by atoms with Gasteiger partial charge in [0.2, 0.25) is 0 Å². The molecule has 0 fully saturated rings. The molecule has 0 bridgehead atoms. The van der Waals surface area contributed by atoms with Crippen LogP contribution in [0.15, 0.2) is 127 Å². The first-order valence-electron chi connectivity index (χ1n) is 17.4. The van der Waals surface area contributed by atoms with E-state index in [1.807, 2.05) is 0 Å². The number of benzene rings is 6. The van der Waals surface area contributed by atoms with Gasteiger partial charge in [-0.3, -0.25) is 30.3 Å². The summed E-state index contributed by atoms with van der Waals surface area (Å²) >= 11 is -0.0125. The zero-order valence-corrected chi connectivity index (χ0v) is 56.2. The Morgan fingerprint density at radius 3 is 1.47 bits per heavy atom. The quantitative estimate of drug-likeness (QED) is 0.0105. The molecule has 0 saturated carbocycles. The Morgan fingerprint density at radius 2 is 0.948 bits per heavy atom. The molecular weight excluding hydrogens is 1220 g/mol. The van der Waals surface area contributed by atoms with Gasteiger partial charge in [-0.1, -0.05) is 0 Å². The number of phenols is 2. The van der Waals surface area contributed by atoms with Crippen LogP contribution in [-0.2, 0) is 59.2 Å². The minimum Gasteiger partial charge on any atom is -0.744 e. The molecule has 0 amide bonds. The van der Waals surface area contributed by atoms with Crippen molar-refractivity contribution >= 4 is 137 Å². The molecule has 4 N–H and O–H groups in total. The topological polar surface area (TPSA) is 539 Å². The number of aromatic hydroxyl groups is 2. The third kappa shape index (κ3) is 18.0. The molecule has 6 aromatic carbocycles. The van der Waals surface area contributed by atoms with Crippen LogP contribution in [0.3, 0.4) is 0 Å². The molecule has 0 saturated heterocycles. The van der Waals surface area contributed by atoms with E-state index in [4.69, 9.17) is 5.73 Å². The van der Waals surface area contributed by atoms with Crippen molar-refractivity contribution in [2.75, 3.05) is 5.73 Å². The maximum atomic E-state index is 12.8. The number of nitro benzene ring substituents is 2. The zero-order chi connectivity index (χ0) is 52.5. The fourth-order valence-corrected chi connectivity index (χ4v) is 9.74. The number of rotatable bonds is 18. The van der Waals surface area contributed by atoms with Gasteiger partial charge in [-0.2, -0.15) is 8.67 Å². The number of nitrogens with zero attached hydrogens (tertiary/aromatic N) is 8. The molecule has 0 unspecified atom stereocenters. The summed E-state index contributed by atoms with van der Waals surface area (Å²) in [5.41, 5.74) is -2.05. The maximum Gasteiger partial charge on any atom is 1.00 e. The Balaban J connectivity index is 0.00000963. The van der Waals surface area contributed by atoms with Crippen LogP contribution < -0.4 is 194 Å². The summed E-state index contributed by atoms with van der Waals surface area (Å²) < 4.78 is 158. The van der Waals surface area contributed by atoms with Gasteiger partial charge >= 0.3 is 177 Å². The van der Waals surface area contributed by atoms with Gasteiger partial charge in [0.15, 0.2) is 11.5 Å². The molecule has 0 aliphatic carbocycles. The first-order valence-corrected chi connectivity index (χ1v) is 24.6. The summed E-state index contributed by atoms with van der Waals surface area (Å²) in [7, 11) is -23.1. The van der Waals surface area contributed by atoms with E-state index in [1.54, 1.807) is 0 Å². The first-order chi connectivity index (χ1) is 33.1. The fraction of sp³-hybridized carbons (Fsp3) is 0. The van der Waals surface area contributed by atoms with Crippen molar-refractivity contribution in [3.8, 4) is 11.5 Å². The number of nitro groups is 2. The summed E-state index contributed by atoms with van der Waals surface area (Å²) in [6, 6.07) is 7.09. The van der Waals surface area contributed by atoms with Crippen LogP contribution in [0.2, 0.25) is 0 Å². The van der Waals surface area contributed by atoms with E-state index in [1.165, 1.54) is 0 Å². The first kappa shape index (κ1) is 75.9. The SMILES string of the molecule is Nc1c(N=Nc2ccc3c(O)c(N=Nc4ccc([N+](=O)[O-])cc4SOO[O-])c(S(=O)(=O)[O-])cc3c2S(=O)(=O)[O-])c(S(=O)(=O)[O-])cc2cc(SOO[O-])c(N=Nc3ccc([N+](=O)[O-])cc3S(=O)(=O)[O-])c(O)c12.[Na+].[Na+].[Na+].[Na+].[Na+].[Na+]. The predicted molar refractivity (Wildman–Crippen MR) is 222 cm³/mol. The molecule has 45 heteroatoms. The van der Waals surface area contributed by atoms with Gasteiger partial charge < -0.3 is 44.7 Å². The molecule has 0 aromatic heterocycles. The monoisotopic (exact) mass is 1240 g/mol. The van der Waals surface area contributed by atoms with E-state index in [2.05, 4.69) is 49.4 Å². The zero-order valence-electron chi connectivity index (χ0n) is 39.3. The maximum absolute atomic E-state index is 12.8. The van der Waals surface area contributed by atoms with Gasteiger partial charge in [0, 0.05) is 35.0 Å². The van der Waals surface area contributed by atoms with Crippen LogP contribution in [0.5, 0.6) is 11.5 Å². The van der Waals surface area contributed by atoms with Crippen molar-refractivity contribution in [2.45, 2.75) is 29.4 Å². The third-order valence-electron chi connectivity index (χ3n) is 8.92. The number of phenolic OH excluding ortho intramolecular Hbond substituents is 2. The number of fused-ring (bicyclic) bond motifs is 2. The summed E-state index contributed by atoms with van der Waals surface area (Å²) in [5.74, 6) is -2.55. The minimum atomic E-state index is -5.98. The normalized spacial score (nSPS) is 11.8. The van der Waals surface area contributed by atoms with Crippen LogP contribution in [0.1, 0.15) is 0 Å². The van der Waals surface area contributed by atoms with Gasteiger partial charge in [-0.25, -0.2) is 33.7 Å². The second kappa shape index (κ2) is 31.0. The van der Waals surface area contributed by atoms with E-state index in [0.29, 0.717) is 30.3 Å². The van der Waals surface area contributed by atoms with Crippen LogP contribution >= 0.6 is 24.1 Å². The second-order valence-corrected chi connectivity index (χ2v) is 19.9. The van der Waals surface area contributed by atoms with Crippen molar-refractivity contribution in [2.24, 2.45) is 30.7 Å². The molecule has 33 nitrogen and oxygen atoms in total. The van der Waals surface area contributed by atoms with Crippen LogP contribution in [0.25, 0.3) is 21.5 Å². The number of nitrogens with two attached hydrogens (primary N) is 1. The van der Waals surface area contributed by atoms with Crippen LogP contribution in [0, 0.1) is 20.2 Å². The molecule has 6 aromatic rings. The number of nitrogen functional groups attached to an aromatic ring is 1. The molecule has 6 rings (SSSR count). The third-order valence-corrected chi connectivity index (χ3v) is 13.7. The molecule has 0 aliphatic heterocycles. The Morgan fingerprint density at radius 1 is 0.494 bits per heavy atom. The molecule has 0 atom stereocenters. The summed E-state index contributed by atoms with van der Waals surface area (Å²) in [6.07, 6.45) is 0. The Hall–Kier alpha value is -1.06. The standard InChI is InChI=1S/C32H21N9O24S6.6Na/c33-26-25-12(7-21(67-65-63-49)27(31(25)43)37-35-18-5-2-14(41(46)47)10-22(18)68(50,51)52)8-23(69(53,54)55)28(26)38-36-19-6-3-15-16(32(19)71(59,60)61)11-24(70(56,57)58)29(30(15)42)39-34-17-4-1-13(40(44)45)9-20(17)66-64-62-48;;;;;;/h1-11,42-43,48-49H,33H2,(H,50,51,52)(H,53,54,55)(H,56,57,58)(H,59,60,61);;;;;;/q;6*+1/p-6. The van der Waals surface area contributed by atoms with Gasteiger partial charge in [0.1, 0.15) is 74.6 Å². The van der Waals surface area contributed by atoms with E-state index in [0.717, 1.165) is 30.3 Å². The molecule has 0 aliphatic rings. The number of hydrogen-bond acceptors (Lipinski definition) is 33. The molecule has 374 valence electrons. The average Bonchev–Trinajstić information content (AvgIpc) is 3.27. The summed E-state index contributed by atoms with van der Waals surface area (Å²) in [4.78, 5) is 13.8. The van der Waals surface area contributed by atoms with Gasteiger partial charge in [0.05, 0.1) is 74.4 Å². The number of azo groups is 3. The predicted octanol–water partition coefficient (Wildman–Crippen LogP) is -13.8. The number of hydrogen-bond donors (Lipinski definition) is 3. The Kier molecular flexibility index (Phi) is 30.6. The van der Waals surface area contributed by atoms with Crippen LogP contribution in [0.4, 0.5) is 51.2 Å². The van der Waals surface area contributed by atoms with Crippen molar-refractivity contribution < 1.29 is 279 Å². The van der Waals surface area contributed by atoms with Crippen molar-refractivity contribution in [1.82, 2.24) is 0 Å². The Bertz CT molecular complexity index is 3830. The summed E-state index contributed by atoms with van der Waals surface area (Å²) in [5, 5.41) is 91.0. The second-order valence-electron chi connectivity index (χ2n) is 13.1. The Labute approximate surface area is 571 Å². The van der Waals surface area contributed by atoms with Crippen molar-refractivity contribution in [3.63, 3.8) is 0 Å². The van der Waals surface area contributed by atoms with E-state index < -0.39 is 159 Å². The smallest absolute Gasteiger partial charge is 0.744 e. The van der Waals surface area contributed by atoms with Crippen molar-refractivity contribution in [1.29, 1.82) is 0 Å². The van der Waals surface area contributed by atoms with Crippen LogP contribution in [-0.4, -0.2) is 71.9 Å². The molecule has 77 heavy (non-hydrogen) atoms. The van der Waals surface area contributed by atoms with Gasteiger partial charge in [0.25, 0.3) is 11.4 Å². The van der Waals surface area contributed by atoms with E-state index in [-0.39, 0.29) is 212 Å². The fourth-order valence-electron chi connectivity index (χ4n) is 6.05. The largest absolute Gasteiger partial charge is 1.00 e. The van der Waals surface area contributed by atoms with Gasteiger partial charge in [-0.15, -0.1) is 30.7 Å². The van der Waals surface area contributed by atoms with Crippen molar-refractivity contribution in [3.05, 3.63) is 87.0 Å². The number of non-ortho nitro benzene ring substituents is 2. The molecule has 0 radical (unpaired) electrons.